The topological polar surface area (TPSA) is 21.3 Å². The Hall–Kier alpha value is -0.440. The van der Waals surface area contributed by atoms with Crippen LogP contribution in [0.5, 0.6) is 5.75 Å². The smallest absolute Gasteiger partial charge is 0.139 e. The van der Waals surface area contributed by atoms with Crippen LogP contribution < -0.4 is 10.1 Å². The molecule has 2 nitrogen and oxygen atoms in total. The predicted molar refractivity (Wildman–Crippen MR) is 74.7 cm³/mol. The Balaban J connectivity index is 1.70. The lowest BCUT2D eigenvalue weighted by atomic mass is 9.85. The van der Waals surface area contributed by atoms with Crippen LogP contribution in [-0.2, 0) is 0 Å². The summed E-state index contributed by atoms with van der Waals surface area (Å²) in [6, 6.07) is 6.61. The zero-order valence-corrected chi connectivity index (χ0v) is 11.7. The van der Waals surface area contributed by atoms with Gasteiger partial charge in [0.1, 0.15) is 11.9 Å². The summed E-state index contributed by atoms with van der Waals surface area (Å²) in [5.74, 6) is 0.717. The van der Waals surface area contributed by atoms with Gasteiger partial charge in [0.25, 0.3) is 0 Å². The molecule has 3 atom stereocenters. The number of hydrogen-bond acceptors (Lipinski definition) is 2. The maximum absolute atomic E-state index is 6.14. The van der Waals surface area contributed by atoms with E-state index in [-0.39, 0.29) is 6.10 Å². The summed E-state index contributed by atoms with van der Waals surface area (Å²) < 4.78 is 6.05. The maximum Gasteiger partial charge on any atom is 0.139 e. The first-order valence-corrected chi connectivity index (χ1v) is 7.34. The Morgan fingerprint density at radius 2 is 1.83 bits per heavy atom. The summed E-state index contributed by atoms with van der Waals surface area (Å²) in [7, 11) is 0. The Morgan fingerprint density at radius 1 is 1.11 bits per heavy atom. The number of hydrogen-bond donors (Lipinski definition) is 1. The van der Waals surface area contributed by atoms with Crippen molar-refractivity contribution < 1.29 is 4.74 Å². The average Bonchev–Trinajstić information content (AvgIpc) is 2.33. The molecule has 0 unspecified atom stereocenters. The van der Waals surface area contributed by atoms with Crippen molar-refractivity contribution in [1.29, 1.82) is 0 Å². The van der Waals surface area contributed by atoms with Crippen LogP contribution in [0.1, 0.15) is 32.1 Å². The number of rotatable bonds is 2. The monoisotopic (exact) mass is 285 g/mol. The molecular formula is C14H17Cl2NO. The summed E-state index contributed by atoms with van der Waals surface area (Å²) in [5.41, 5.74) is 0. The van der Waals surface area contributed by atoms with Crippen LogP contribution in [0.4, 0.5) is 0 Å². The van der Waals surface area contributed by atoms with Crippen molar-refractivity contribution >= 4 is 23.2 Å². The molecule has 0 saturated carbocycles. The van der Waals surface area contributed by atoms with Crippen LogP contribution in [-0.4, -0.2) is 18.2 Å². The third-order valence-corrected chi connectivity index (χ3v) is 4.41. The minimum Gasteiger partial charge on any atom is -0.489 e. The number of fused-ring (bicyclic) bond motifs is 2. The van der Waals surface area contributed by atoms with E-state index in [0.717, 1.165) is 12.8 Å². The van der Waals surface area contributed by atoms with Gasteiger partial charge in [-0.2, -0.15) is 0 Å². The Morgan fingerprint density at radius 3 is 2.56 bits per heavy atom. The average molecular weight is 286 g/mol. The van der Waals surface area contributed by atoms with E-state index in [0.29, 0.717) is 27.9 Å². The molecule has 2 aliphatic rings. The molecular weight excluding hydrogens is 269 g/mol. The largest absolute Gasteiger partial charge is 0.489 e. The fraction of sp³-hybridized carbons (Fsp3) is 0.571. The lowest BCUT2D eigenvalue weighted by Crippen LogP contribution is -2.51. The van der Waals surface area contributed by atoms with Crippen molar-refractivity contribution in [2.75, 3.05) is 0 Å². The van der Waals surface area contributed by atoms with E-state index >= 15 is 0 Å². The van der Waals surface area contributed by atoms with Crippen molar-refractivity contribution in [3.05, 3.63) is 28.2 Å². The highest BCUT2D eigenvalue weighted by atomic mass is 35.5. The minimum absolute atomic E-state index is 0.262. The van der Waals surface area contributed by atoms with Gasteiger partial charge >= 0.3 is 0 Å². The quantitative estimate of drug-likeness (QED) is 0.885. The number of piperidine rings is 2. The molecule has 2 saturated heterocycles. The Kier molecular flexibility index (Phi) is 3.69. The number of ether oxygens (including phenoxy) is 1. The fourth-order valence-corrected chi connectivity index (χ4v) is 3.38. The summed E-state index contributed by atoms with van der Waals surface area (Å²) in [4.78, 5) is 0. The van der Waals surface area contributed by atoms with E-state index < -0.39 is 0 Å². The lowest BCUT2D eigenvalue weighted by Gasteiger charge is -2.40. The molecule has 2 aliphatic heterocycles. The van der Waals surface area contributed by atoms with Gasteiger partial charge in [0, 0.05) is 23.2 Å². The first kappa shape index (κ1) is 12.6. The van der Waals surface area contributed by atoms with Crippen molar-refractivity contribution in [2.24, 2.45) is 0 Å². The van der Waals surface area contributed by atoms with Crippen LogP contribution in [0, 0.1) is 0 Å². The second-order valence-corrected chi connectivity index (χ2v) is 6.12. The molecule has 18 heavy (non-hydrogen) atoms. The fourth-order valence-electron chi connectivity index (χ4n) is 3.06. The molecule has 98 valence electrons. The van der Waals surface area contributed by atoms with E-state index in [1.54, 1.807) is 12.1 Å². The summed E-state index contributed by atoms with van der Waals surface area (Å²) >= 11 is 12.1. The first-order chi connectivity index (χ1) is 8.70. The number of benzene rings is 1. The number of nitrogens with one attached hydrogen (secondary N) is 1. The SMILES string of the molecule is Clc1ccc(Cl)c(O[C@@H]2C[C@H]3CCC[C@@H](C2)N3)c1. The lowest BCUT2D eigenvalue weighted by molar-refractivity contribution is 0.0928. The van der Waals surface area contributed by atoms with Crippen molar-refractivity contribution in [2.45, 2.75) is 50.3 Å². The second kappa shape index (κ2) is 5.28. The van der Waals surface area contributed by atoms with Gasteiger partial charge in [0.2, 0.25) is 0 Å². The van der Waals surface area contributed by atoms with Gasteiger partial charge in [-0.05, 0) is 37.8 Å². The molecule has 2 fully saturated rings. The molecule has 0 aromatic heterocycles. The van der Waals surface area contributed by atoms with E-state index in [2.05, 4.69) is 5.32 Å². The molecule has 2 bridgehead atoms. The van der Waals surface area contributed by atoms with Crippen LogP contribution in [0.25, 0.3) is 0 Å². The second-order valence-electron chi connectivity index (χ2n) is 5.28. The molecule has 1 N–H and O–H groups in total. The highest BCUT2D eigenvalue weighted by Crippen LogP contribution is 2.33. The predicted octanol–water partition coefficient (Wildman–Crippen LogP) is 4.05. The zero-order valence-electron chi connectivity index (χ0n) is 10.2. The third kappa shape index (κ3) is 2.76. The normalized spacial score (nSPS) is 31.1. The molecule has 4 heteroatoms. The Labute approximate surface area is 118 Å². The van der Waals surface area contributed by atoms with Crippen molar-refractivity contribution in [3.8, 4) is 5.75 Å². The van der Waals surface area contributed by atoms with Crippen LogP contribution in [0.15, 0.2) is 18.2 Å². The van der Waals surface area contributed by atoms with E-state index in [1.807, 2.05) is 6.07 Å². The molecule has 3 rings (SSSR count). The molecule has 2 heterocycles. The van der Waals surface area contributed by atoms with Crippen LogP contribution >= 0.6 is 23.2 Å². The van der Waals surface area contributed by atoms with E-state index in [9.17, 15) is 0 Å². The molecule has 1 aromatic rings. The highest BCUT2D eigenvalue weighted by molar-refractivity contribution is 6.34. The van der Waals surface area contributed by atoms with Crippen LogP contribution in [0.2, 0.25) is 10.0 Å². The molecule has 0 amide bonds. The highest BCUT2D eigenvalue weighted by Gasteiger charge is 2.32. The summed E-state index contributed by atoms with van der Waals surface area (Å²) in [5, 5.41) is 4.97. The summed E-state index contributed by atoms with van der Waals surface area (Å²) in [6.45, 7) is 0. The molecule has 1 aromatic carbocycles. The van der Waals surface area contributed by atoms with Gasteiger partial charge in [0.05, 0.1) is 5.02 Å². The standard InChI is InChI=1S/C14H17Cl2NO/c15-9-4-5-13(16)14(6-9)18-12-7-10-2-1-3-11(8-12)17-10/h4-6,10-12,17H,1-3,7-8H2/t10-,11+,12-. The van der Waals surface area contributed by atoms with Gasteiger partial charge in [-0.3, -0.25) is 0 Å². The zero-order chi connectivity index (χ0) is 12.5. The molecule has 0 spiro atoms. The van der Waals surface area contributed by atoms with Gasteiger partial charge in [-0.1, -0.05) is 29.6 Å². The first-order valence-electron chi connectivity index (χ1n) is 6.58. The Bertz CT molecular complexity index is 426. The van der Waals surface area contributed by atoms with Gasteiger partial charge < -0.3 is 10.1 Å². The van der Waals surface area contributed by atoms with Gasteiger partial charge in [-0.25, -0.2) is 0 Å². The van der Waals surface area contributed by atoms with E-state index in [4.69, 9.17) is 27.9 Å². The molecule has 0 aliphatic carbocycles. The maximum atomic E-state index is 6.14. The van der Waals surface area contributed by atoms with Gasteiger partial charge in [-0.15, -0.1) is 0 Å². The number of halogens is 2. The van der Waals surface area contributed by atoms with Crippen LogP contribution in [0.3, 0.4) is 0 Å². The third-order valence-electron chi connectivity index (χ3n) is 3.86. The minimum atomic E-state index is 0.262. The van der Waals surface area contributed by atoms with Crippen molar-refractivity contribution in [1.82, 2.24) is 5.32 Å². The molecule has 0 radical (unpaired) electrons. The van der Waals surface area contributed by atoms with Crippen molar-refractivity contribution in [3.63, 3.8) is 0 Å². The summed E-state index contributed by atoms with van der Waals surface area (Å²) in [6.07, 6.45) is 6.27. The van der Waals surface area contributed by atoms with E-state index in [1.165, 1.54) is 19.3 Å². The van der Waals surface area contributed by atoms with Gasteiger partial charge in [0.15, 0.2) is 0 Å².